The first-order valence-corrected chi connectivity index (χ1v) is 9.71. The molecule has 0 saturated heterocycles. The number of hydrogen-bond donors (Lipinski definition) is 1. The average Bonchev–Trinajstić information content (AvgIpc) is 3.30. The van der Waals surface area contributed by atoms with E-state index >= 15 is 0 Å². The van der Waals surface area contributed by atoms with E-state index in [9.17, 15) is 4.79 Å². The Morgan fingerprint density at radius 1 is 1.27 bits per heavy atom. The van der Waals surface area contributed by atoms with Crippen LogP contribution in [-0.4, -0.2) is 18.0 Å². The molecule has 0 saturated carbocycles. The fourth-order valence-corrected chi connectivity index (χ4v) is 3.83. The lowest BCUT2D eigenvalue weighted by atomic mass is 10.2. The van der Waals surface area contributed by atoms with Crippen LogP contribution >= 0.6 is 22.7 Å². The highest BCUT2D eigenvalue weighted by molar-refractivity contribution is 7.14. The largest absolute Gasteiger partial charge is 0.497 e. The van der Waals surface area contributed by atoms with Crippen molar-refractivity contribution in [2.24, 2.45) is 0 Å². The Balaban J connectivity index is 1.61. The molecule has 0 aliphatic heterocycles. The van der Waals surface area contributed by atoms with Crippen LogP contribution in [0.5, 0.6) is 5.75 Å². The SMILES string of the molecule is C=CCc1csc(C=CC(=O)Nc2nc(-c3ccc(OC)cc3)cs2)c1. The van der Waals surface area contributed by atoms with Crippen molar-refractivity contribution < 1.29 is 9.53 Å². The van der Waals surface area contributed by atoms with Gasteiger partial charge in [-0.2, -0.15) is 0 Å². The van der Waals surface area contributed by atoms with Crippen molar-refractivity contribution in [3.05, 3.63) is 70.3 Å². The van der Waals surface area contributed by atoms with Crippen molar-refractivity contribution in [3.8, 4) is 17.0 Å². The quantitative estimate of drug-likeness (QED) is 0.448. The standard InChI is InChI=1S/C20H18N2O2S2/c1-3-4-14-11-17(25-12-14)9-10-19(23)22-20-21-18(13-26-20)15-5-7-16(24-2)8-6-15/h3,5-13H,1,4H2,2H3,(H,21,22,23). The van der Waals surface area contributed by atoms with Crippen molar-refractivity contribution in [3.63, 3.8) is 0 Å². The van der Waals surface area contributed by atoms with Gasteiger partial charge in [-0.25, -0.2) is 4.98 Å². The Morgan fingerprint density at radius 3 is 2.81 bits per heavy atom. The van der Waals surface area contributed by atoms with Crippen LogP contribution in [0.2, 0.25) is 0 Å². The zero-order valence-corrected chi connectivity index (χ0v) is 15.9. The maximum Gasteiger partial charge on any atom is 0.250 e. The molecule has 0 radical (unpaired) electrons. The number of ether oxygens (including phenoxy) is 1. The second kappa shape index (κ2) is 8.60. The van der Waals surface area contributed by atoms with E-state index in [-0.39, 0.29) is 5.91 Å². The normalized spacial score (nSPS) is 10.8. The van der Waals surface area contributed by atoms with Gasteiger partial charge in [-0.05, 0) is 53.8 Å². The first-order chi connectivity index (χ1) is 12.7. The summed E-state index contributed by atoms with van der Waals surface area (Å²) < 4.78 is 5.15. The minimum atomic E-state index is -0.195. The number of thiophene rings is 1. The number of anilines is 1. The van der Waals surface area contributed by atoms with Gasteiger partial charge in [-0.1, -0.05) is 6.08 Å². The topological polar surface area (TPSA) is 51.2 Å². The molecular weight excluding hydrogens is 364 g/mol. The molecule has 3 rings (SSSR count). The average molecular weight is 383 g/mol. The number of rotatable bonds is 7. The molecule has 1 amide bonds. The number of benzene rings is 1. The van der Waals surface area contributed by atoms with Gasteiger partial charge in [-0.15, -0.1) is 29.3 Å². The zero-order valence-electron chi connectivity index (χ0n) is 14.3. The van der Waals surface area contributed by atoms with E-state index in [1.165, 1.54) is 23.0 Å². The number of methoxy groups -OCH3 is 1. The fourth-order valence-electron chi connectivity index (χ4n) is 2.29. The maximum absolute atomic E-state index is 12.1. The third kappa shape index (κ3) is 4.68. The van der Waals surface area contributed by atoms with Gasteiger partial charge in [0.25, 0.3) is 0 Å². The molecule has 0 fully saturated rings. The second-order valence-electron chi connectivity index (χ2n) is 5.44. The molecule has 4 nitrogen and oxygen atoms in total. The van der Waals surface area contributed by atoms with Gasteiger partial charge < -0.3 is 4.74 Å². The number of amides is 1. The van der Waals surface area contributed by atoms with E-state index in [2.05, 4.69) is 28.3 Å². The lowest BCUT2D eigenvalue weighted by Gasteiger charge is -2.00. The summed E-state index contributed by atoms with van der Waals surface area (Å²) in [7, 11) is 1.63. The Morgan fingerprint density at radius 2 is 2.08 bits per heavy atom. The minimum absolute atomic E-state index is 0.195. The first-order valence-electron chi connectivity index (χ1n) is 7.95. The van der Waals surface area contributed by atoms with Crippen LogP contribution in [0.4, 0.5) is 5.13 Å². The van der Waals surface area contributed by atoms with Gasteiger partial charge in [0, 0.05) is 21.9 Å². The van der Waals surface area contributed by atoms with E-state index in [0.29, 0.717) is 5.13 Å². The Hall–Kier alpha value is -2.70. The molecule has 132 valence electrons. The molecule has 0 atom stereocenters. The third-order valence-electron chi connectivity index (χ3n) is 3.57. The van der Waals surface area contributed by atoms with Crippen LogP contribution in [0.1, 0.15) is 10.4 Å². The summed E-state index contributed by atoms with van der Waals surface area (Å²) >= 11 is 3.00. The van der Waals surface area contributed by atoms with Crippen LogP contribution in [0, 0.1) is 0 Å². The number of nitrogens with one attached hydrogen (secondary N) is 1. The molecule has 1 aromatic carbocycles. The van der Waals surface area contributed by atoms with E-state index < -0.39 is 0 Å². The van der Waals surface area contributed by atoms with Crippen LogP contribution in [0.15, 0.2) is 59.8 Å². The molecule has 0 bridgehead atoms. The second-order valence-corrected chi connectivity index (χ2v) is 7.24. The maximum atomic E-state index is 12.1. The van der Waals surface area contributed by atoms with Crippen molar-refractivity contribution >= 4 is 39.8 Å². The molecule has 6 heteroatoms. The minimum Gasteiger partial charge on any atom is -0.497 e. The summed E-state index contributed by atoms with van der Waals surface area (Å²) in [5.74, 6) is 0.603. The summed E-state index contributed by atoms with van der Waals surface area (Å²) in [6.45, 7) is 3.73. The molecule has 0 aliphatic carbocycles. The predicted octanol–water partition coefficient (Wildman–Crippen LogP) is 5.26. The van der Waals surface area contributed by atoms with Crippen LogP contribution in [0.3, 0.4) is 0 Å². The third-order valence-corrected chi connectivity index (χ3v) is 5.28. The highest BCUT2D eigenvalue weighted by Crippen LogP contribution is 2.26. The molecule has 2 aromatic heterocycles. The number of aromatic nitrogens is 1. The highest BCUT2D eigenvalue weighted by Gasteiger charge is 2.07. The summed E-state index contributed by atoms with van der Waals surface area (Å²) in [5.41, 5.74) is 3.00. The molecule has 0 aliphatic rings. The van der Waals surface area contributed by atoms with E-state index in [4.69, 9.17) is 4.74 Å². The van der Waals surface area contributed by atoms with Crippen molar-refractivity contribution in [1.82, 2.24) is 4.98 Å². The van der Waals surface area contributed by atoms with E-state index in [1.54, 1.807) is 18.4 Å². The molecule has 1 N–H and O–H groups in total. The summed E-state index contributed by atoms with van der Waals surface area (Å²) in [6, 6.07) is 9.71. The van der Waals surface area contributed by atoms with E-state index in [1.807, 2.05) is 41.8 Å². The van der Waals surface area contributed by atoms with Gasteiger partial charge in [0.15, 0.2) is 5.13 Å². The van der Waals surface area contributed by atoms with Crippen molar-refractivity contribution in [1.29, 1.82) is 0 Å². The number of carbonyl (C=O) groups excluding carboxylic acids is 1. The first kappa shape index (κ1) is 18.1. The number of allylic oxidation sites excluding steroid dienone is 1. The van der Waals surface area contributed by atoms with Gasteiger partial charge in [0.1, 0.15) is 5.75 Å². The molecular formula is C20H18N2O2S2. The number of carbonyl (C=O) groups is 1. The lowest BCUT2D eigenvalue weighted by molar-refractivity contribution is -0.111. The van der Waals surface area contributed by atoms with E-state index in [0.717, 1.165) is 28.3 Å². The number of nitrogens with zero attached hydrogens (tertiary/aromatic N) is 1. The molecule has 0 unspecified atom stereocenters. The summed E-state index contributed by atoms with van der Waals surface area (Å²) in [5, 5.41) is 7.36. The lowest BCUT2D eigenvalue weighted by Crippen LogP contribution is -2.07. The molecule has 26 heavy (non-hydrogen) atoms. The molecule has 0 spiro atoms. The summed E-state index contributed by atoms with van der Waals surface area (Å²) in [4.78, 5) is 17.6. The van der Waals surface area contributed by atoms with Crippen LogP contribution in [-0.2, 0) is 11.2 Å². The van der Waals surface area contributed by atoms with Gasteiger partial charge in [0.2, 0.25) is 5.91 Å². The summed E-state index contributed by atoms with van der Waals surface area (Å²) in [6.07, 6.45) is 6.04. The fraction of sp³-hybridized carbons (Fsp3) is 0.100. The van der Waals surface area contributed by atoms with Gasteiger partial charge in [-0.3, -0.25) is 10.1 Å². The number of hydrogen-bond acceptors (Lipinski definition) is 5. The smallest absolute Gasteiger partial charge is 0.250 e. The Kier molecular flexibility index (Phi) is 5.99. The molecule has 2 heterocycles. The van der Waals surface area contributed by atoms with Crippen LogP contribution in [0.25, 0.3) is 17.3 Å². The predicted molar refractivity (Wildman–Crippen MR) is 110 cm³/mol. The van der Waals surface area contributed by atoms with Crippen molar-refractivity contribution in [2.75, 3.05) is 12.4 Å². The Bertz CT molecular complexity index is 923. The monoisotopic (exact) mass is 382 g/mol. The number of thiazole rings is 1. The van der Waals surface area contributed by atoms with Crippen LogP contribution < -0.4 is 10.1 Å². The highest BCUT2D eigenvalue weighted by atomic mass is 32.1. The zero-order chi connectivity index (χ0) is 18.4. The van der Waals surface area contributed by atoms with Gasteiger partial charge in [0.05, 0.1) is 12.8 Å². The van der Waals surface area contributed by atoms with Gasteiger partial charge >= 0.3 is 0 Å². The Labute approximate surface area is 160 Å². The van der Waals surface area contributed by atoms with Crippen molar-refractivity contribution in [2.45, 2.75) is 6.42 Å². The molecule has 3 aromatic rings.